The number of likely N-dealkylation sites (tertiary alicyclic amines) is 1. The number of carbonyl (C=O) groups is 1. The number of carbonyl (C=O) groups excluding carboxylic acids is 1. The molecule has 1 saturated heterocycles. The van der Waals surface area contributed by atoms with E-state index in [1.807, 2.05) is 4.90 Å². The molecular formula is C17H27N3O2. The minimum Gasteiger partial charge on any atom is -0.393 e. The van der Waals surface area contributed by atoms with Gasteiger partial charge in [-0.2, -0.15) is 0 Å². The first-order valence-electron chi connectivity index (χ1n) is 8.12. The van der Waals surface area contributed by atoms with Gasteiger partial charge in [0.15, 0.2) is 0 Å². The highest BCUT2D eigenvalue weighted by Crippen LogP contribution is 2.25. The second kappa shape index (κ2) is 7.58. The zero-order valence-corrected chi connectivity index (χ0v) is 13.7. The van der Waals surface area contributed by atoms with Gasteiger partial charge < -0.3 is 15.3 Å². The number of aromatic nitrogens is 1. The highest BCUT2D eigenvalue weighted by molar-refractivity contribution is 5.94. The molecule has 0 radical (unpaired) electrons. The summed E-state index contributed by atoms with van der Waals surface area (Å²) >= 11 is 0. The summed E-state index contributed by atoms with van der Waals surface area (Å²) in [5.41, 5.74) is 0.667. The molecule has 0 aromatic carbocycles. The maximum absolute atomic E-state index is 12.5. The number of hydrogen-bond donors (Lipinski definition) is 2. The molecule has 0 bridgehead atoms. The molecule has 0 saturated carbocycles. The van der Waals surface area contributed by atoms with E-state index in [1.54, 1.807) is 25.4 Å². The van der Waals surface area contributed by atoms with Gasteiger partial charge in [-0.25, -0.2) is 4.98 Å². The molecule has 1 aliphatic heterocycles. The molecule has 5 nitrogen and oxygen atoms in total. The zero-order chi connectivity index (χ0) is 16.1. The molecule has 2 rings (SSSR count). The van der Waals surface area contributed by atoms with Gasteiger partial charge >= 0.3 is 0 Å². The SMILES string of the molecule is CNc1cc(C(=O)N2CCC([C@@H](O)CC(C)C)CC2)ccn1. The van der Waals surface area contributed by atoms with Crippen molar-refractivity contribution in [3.8, 4) is 0 Å². The van der Waals surface area contributed by atoms with E-state index < -0.39 is 0 Å². The van der Waals surface area contributed by atoms with E-state index in [-0.39, 0.29) is 12.0 Å². The van der Waals surface area contributed by atoms with Gasteiger partial charge in [0, 0.05) is 31.9 Å². The van der Waals surface area contributed by atoms with Crippen molar-refractivity contribution in [2.24, 2.45) is 11.8 Å². The van der Waals surface area contributed by atoms with Crippen LogP contribution >= 0.6 is 0 Å². The minimum atomic E-state index is -0.242. The number of piperidine rings is 1. The van der Waals surface area contributed by atoms with Crippen LogP contribution < -0.4 is 5.32 Å². The number of aliphatic hydroxyl groups is 1. The fourth-order valence-corrected chi connectivity index (χ4v) is 3.05. The Morgan fingerprint density at radius 2 is 2.14 bits per heavy atom. The van der Waals surface area contributed by atoms with Crippen molar-refractivity contribution in [3.05, 3.63) is 23.9 Å². The number of aliphatic hydroxyl groups excluding tert-OH is 1. The molecule has 0 unspecified atom stereocenters. The Morgan fingerprint density at radius 1 is 1.45 bits per heavy atom. The van der Waals surface area contributed by atoms with Crippen molar-refractivity contribution in [1.82, 2.24) is 9.88 Å². The number of rotatable bonds is 5. The van der Waals surface area contributed by atoms with Crippen molar-refractivity contribution in [1.29, 1.82) is 0 Å². The lowest BCUT2D eigenvalue weighted by Gasteiger charge is -2.34. The smallest absolute Gasteiger partial charge is 0.254 e. The molecule has 2 heterocycles. The number of anilines is 1. The van der Waals surface area contributed by atoms with E-state index in [9.17, 15) is 9.90 Å². The Kier molecular flexibility index (Phi) is 5.77. The van der Waals surface area contributed by atoms with Gasteiger partial charge in [0.1, 0.15) is 5.82 Å². The summed E-state index contributed by atoms with van der Waals surface area (Å²) in [5.74, 6) is 1.58. The number of hydrogen-bond acceptors (Lipinski definition) is 4. The van der Waals surface area contributed by atoms with Gasteiger partial charge in [-0.05, 0) is 43.2 Å². The molecule has 1 fully saturated rings. The van der Waals surface area contributed by atoms with Crippen LogP contribution in [0.1, 0.15) is 43.5 Å². The number of nitrogens with zero attached hydrogens (tertiary/aromatic N) is 2. The lowest BCUT2D eigenvalue weighted by molar-refractivity contribution is 0.0385. The second-order valence-electron chi connectivity index (χ2n) is 6.51. The van der Waals surface area contributed by atoms with Crippen molar-refractivity contribution in [2.75, 3.05) is 25.5 Å². The van der Waals surface area contributed by atoms with Crippen LogP contribution in [0.5, 0.6) is 0 Å². The minimum absolute atomic E-state index is 0.0516. The molecule has 1 aliphatic rings. The fourth-order valence-electron chi connectivity index (χ4n) is 3.05. The molecule has 1 amide bonds. The lowest BCUT2D eigenvalue weighted by Crippen LogP contribution is -2.41. The van der Waals surface area contributed by atoms with Crippen LogP contribution in [0.25, 0.3) is 0 Å². The Balaban J connectivity index is 1.92. The lowest BCUT2D eigenvalue weighted by atomic mass is 9.87. The first-order chi connectivity index (χ1) is 10.5. The first kappa shape index (κ1) is 16.7. The van der Waals surface area contributed by atoms with E-state index in [0.29, 0.717) is 23.2 Å². The summed E-state index contributed by atoms with van der Waals surface area (Å²) in [6.45, 7) is 5.70. The van der Waals surface area contributed by atoms with Gasteiger partial charge in [0.25, 0.3) is 5.91 Å². The third-order valence-corrected chi connectivity index (χ3v) is 4.35. The molecule has 5 heteroatoms. The molecule has 1 atom stereocenters. The summed E-state index contributed by atoms with van der Waals surface area (Å²) in [6.07, 6.45) is 4.01. The van der Waals surface area contributed by atoms with Crippen molar-refractivity contribution in [2.45, 2.75) is 39.2 Å². The van der Waals surface area contributed by atoms with Crippen LogP contribution in [0, 0.1) is 11.8 Å². The van der Waals surface area contributed by atoms with Crippen LogP contribution in [-0.2, 0) is 0 Å². The maximum Gasteiger partial charge on any atom is 0.254 e. The number of pyridine rings is 1. The summed E-state index contributed by atoms with van der Waals surface area (Å²) < 4.78 is 0. The standard InChI is InChI=1S/C17H27N3O2/c1-12(2)10-15(21)13-5-8-20(9-6-13)17(22)14-4-7-19-16(11-14)18-3/h4,7,11-13,15,21H,5-6,8-10H2,1-3H3,(H,18,19)/t15-/m0/s1. The quantitative estimate of drug-likeness (QED) is 0.876. The predicted molar refractivity (Wildman–Crippen MR) is 87.9 cm³/mol. The van der Waals surface area contributed by atoms with Gasteiger partial charge in [-0.15, -0.1) is 0 Å². The van der Waals surface area contributed by atoms with Gasteiger partial charge in [-0.3, -0.25) is 4.79 Å². The average molecular weight is 305 g/mol. The third kappa shape index (κ3) is 4.19. The molecule has 122 valence electrons. The summed E-state index contributed by atoms with van der Waals surface area (Å²) in [5, 5.41) is 13.2. The summed E-state index contributed by atoms with van der Waals surface area (Å²) in [6, 6.07) is 3.53. The largest absolute Gasteiger partial charge is 0.393 e. The fraction of sp³-hybridized carbons (Fsp3) is 0.647. The van der Waals surface area contributed by atoms with Crippen molar-refractivity contribution < 1.29 is 9.90 Å². The van der Waals surface area contributed by atoms with Gasteiger partial charge in [-0.1, -0.05) is 13.8 Å². The van der Waals surface area contributed by atoms with Crippen LogP contribution in [0.4, 0.5) is 5.82 Å². The summed E-state index contributed by atoms with van der Waals surface area (Å²) in [7, 11) is 1.79. The van der Waals surface area contributed by atoms with E-state index in [4.69, 9.17) is 0 Å². The molecule has 1 aromatic heterocycles. The molecule has 2 N–H and O–H groups in total. The Morgan fingerprint density at radius 3 is 2.73 bits per heavy atom. The molecule has 0 spiro atoms. The van der Waals surface area contributed by atoms with E-state index >= 15 is 0 Å². The Labute approximate surface area is 132 Å². The monoisotopic (exact) mass is 305 g/mol. The summed E-state index contributed by atoms with van der Waals surface area (Å²) in [4.78, 5) is 18.5. The third-order valence-electron chi connectivity index (χ3n) is 4.35. The van der Waals surface area contributed by atoms with Crippen LogP contribution in [-0.4, -0.2) is 47.1 Å². The molecule has 22 heavy (non-hydrogen) atoms. The van der Waals surface area contributed by atoms with Crippen LogP contribution in [0.3, 0.4) is 0 Å². The molecular weight excluding hydrogens is 278 g/mol. The van der Waals surface area contributed by atoms with E-state index in [0.717, 1.165) is 32.4 Å². The first-order valence-corrected chi connectivity index (χ1v) is 8.12. The maximum atomic E-state index is 12.5. The van der Waals surface area contributed by atoms with Gasteiger partial charge in [0.05, 0.1) is 6.10 Å². The average Bonchev–Trinajstić information content (AvgIpc) is 2.53. The number of nitrogens with one attached hydrogen (secondary N) is 1. The Bertz CT molecular complexity index is 496. The Hall–Kier alpha value is -1.62. The normalized spacial score (nSPS) is 17.6. The van der Waals surface area contributed by atoms with Crippen molar-refractivity contribution in [3.63, 3.8) is 0 Å². The number of amides is 1. The van der Waals surface area contributed by atoms with Crippen LogP contribution in [0.15, 0.2) is 18.3 Å². The highest BCUT2D eigenvalue weighted by atomic mass is 16.3. The van der Waals surface area contributed by atoms with Crippen LogP contribution in [0.2, 0.25) is 0 Å². The van der Waals surface area contributed by atoms with Crippen molar-refractivity contribution >= 4 is 11.7 Å². The predicted octanol–water partition coefficient (Wildman–Crippen LogP) is 2.38. The second-order valence-corrected chi connectivity index (χ2v) is 6.51. The van der Waals surface area contributed by atoms with E-state index in [2.05, 4.69) is 24.1 Å². The van der Waals surface area contributed by atoms with Gasteiger partial charge in [0.2, 0.25) is 0 Å². The highest BCUT2D eigenvalue weighted by Gasteiger charge is 2.28. The topological polar surface area (TPSA) is 65.5 Å². The van der Waals surface area contributed by atoms with E-state index in [1.165, 1.54) is 0 Å². The zero-order valence-electron chi connectivity index (χ0n) is 13.7. The molecule has 1 aromatic rings. The molecule has 0 aliphatic carbocycles.